The molecule has 0 aliphatic heterocycles. The topological polar surface area (TPSA) is 0 Å². The quantitative estimate of drug-likeness (QED) is 0.334. The molecular formula is C31H28Cl2Zr-2. The van der Waals surface area contributed by atoms with Crippen molar-refractivity contribution in [3.63, 3.8) is 0 Å². The van der Waals surface area contributed by atoms with Crippen molar-refractivity contribution in [3.05, 3.63) is 132 Å². The molecule has 0 N–H and O–H groups in total. The molecule has 0 saturated heterocycles. The van der Waals surface area contributed by atoms with E-state index >= 15 is 0 Å². The molecule has 3 aromatic rings. The minimum atomic E-state index is 0. The molecule has 5 rings (SSSR count). The van der Waals surface area contributed by atoms with Gasteiger partial charge in [0.05, 0.1) is 0 Å². The molecule has 0 fully saturated rings. The molecule has 0 atom stereocenters. The Kier molecular flexibility index (Phi) is 13.3. The molecular weight excluding hydrogens is 534 g/mol. The van der Waals surface area contributed by atoms with Crippen LogP contribution in [-0.2, 0) is 30.7 Å². The van der Waals surface area contributed by atoms with Crippen molar-refractivity contribution in [2.75, 3.05) is 0 Å². The van der Waals surface area contributed by atoms with Crippen LogP contribution in [-0.4, -0.2) is 3.21 Å². The Labute approximate surface area is 232 Å². The van der Waals surface area contributed by atoms with Gasteiger partial charge >= 0.3 is 76.7 Å². The first-order chi connectivity index (χ1) is 15.5. The van der Waals surface area contributed by atoms with Crippen LogP contribution in [0.3, 0.4) is 0 Å². The van der Waals surface area contributed by atoms with Crippen LogP contribution in [0.25, 0.3) is 23.3 Å². The number of fused-ring (bicyclic) bond motifs is 3. The summed E-state index contributed by atoms with van der Waals surface area (Å²) < 4.78 is 1.46. The largest absolute Gasteiger partial charge is 1.00 e. The minimum Gasteiger partial charge on any atom is -1.00 e. The van der Waals surface area contributed by atoms with Crippen molar-refractivity contribution >= 4 is 15.4 Å². The number of hydrogen-bond acceptors (Lipinski definition) is 0. The van der Waals surface area contributed by atoms with Crippen LogP contribution in [0.15, 0.2) is 86.0 Å². The summed E-state index contributed by atoms with van der Waals surface area (Å²) in [6.07, 6.45) is 14.7. The predicted octanol–water partition coefficient (Wildman–Crippen LogP) is 1.74. The van der Waals surface area contributed by atoms with E-state index in [0.29, 0.717) is 0 Å². The van der Waals surface area contributed by atoms with Gasteiger partial charge in [-0.2, -0.15) is 29.8 Å². The summed E-state index contributed by atoms with van der Waals surface area (Å²) >= 11 is 1.51. The van der Waals surface area contributed by atoms with Crippen molar-refractivity contribution < 1.29 is 49.0 Å². The summed E-state index contributed by atoms with van der Waals surface area (Å²) in [4.78, 5) is 0. The molecule has 172 valence electrons. The van der Waals surface area contributed by atoms with E-state index in [9.17, 15) is 0 Å². The van der Waals surface area contributed by atoms with E-state index in [4.69, 9.17) is 0 Å². The van der Waals surface area contributed by atoms with Gasteiger partial charge in [-0.25, -0.2) is 12.2 Å². The van der Waals surface area contributed by atoms with Gasteiger partial charge in [-0.3, -0.25) is 6.08 Å². The molecule has 0 heterocycles. The third-order valence-corrected chi connectivity index (χ3v) is 6.09. The van der Waals surface area contributed by atoms with E-state index in [1.807, 2.05) is 30.4 Å². The number of allylic oxidation sites excluding steroid dienone is 4. The van der Waals surface area contributed by atoms with Gasteiger partial charge in [0.25, 0.3) is 0 Å². The van der Waals surface area contributed by atoms with Crippen LogP contribution in [0.5, 0.6) is 0 Å². The van der Waals surface area contributed by atoms with E-state index in [0.717, 1.165) is 18.4 Å². The van der Waals surface area contributed by atoms with E-state index in [2.05, 4.69) is 93.8 Å². The van der Waals surface area contributed by atoms with Gasteiger partial charge in [-0.15, -0.1) is 30.2 Å². The number of halogens is 2. The van der Waals surface area contributed by atoms with Crippen LogP contribution in [0.4, 0.5) is 0 Å². The molecule has 0 saturated carbocycles. The second-order valence-electron chi connectivity index (χ2n) is 7.82. The maximum absolute atomic E-state index is 3.82. The molecule has 2 aliphatic rings. The third-order valence-electron chi connectivity index (χ3n) is 5.38. The van der Waals surface area contributed by atoms with Crippen LogP contribution in [0.2, 0.25) is 0 Å². The third kappa shape index (κ3) is 8.31. The Hall–Kier alpha value is -2.05. The number of hydrogen-bond donors (Lipinski definition) is 0. The zero-order chi connectivity index (χ0) is 22.9. The fourth-order valence-corrected chi connectivity index (χ4v) is 3.92. The van der Waals surface area contributed by atoms with Gasteiger partial charge < -0.3 is 24.8 Å². The molecule has 34 heavy (non-hydrogen) atoms. The Bertz CT molecular complexity index is 1120. The number of benzene rings is 3. The summed E-state index contributed by atoms with van der Waals surface area (Å²) in [7, 11) is 0. The van der Waals surface area contributed by atoms with Gasteiger partial charge in [0.2, 0.25) is 0 Å². The predicted molar refractivity (Wildman–Crippen MR) is 136 cm³/mol. The average Bonchev–Trinajstić information content (AvgIpc) is 3.51. The zero-order valence-electron chi connectivity index (χ0n) is 19.7. The molecule has 0 nitrogen and oxygen atoms in total. The molecule has 0 bridgehead atoms. The Morgan fingerprint density at radius 2 is 1.62 bits per heavy atom. The van der Waals surface area contributed by atoms with E-state index in [1.54, 1.807) is 0 Å². The summed E-state index contributed by atoms with van der Waals surface area (Å²) in [6, 6.07) is 22.7. The second-order valence-corrected chi connectivity index (χ2v) is 9.66. The summed E-state index contributed by atoms with van der Waals surface area (Å²) in [5, 5.41) is 0. The van der Waals surface area contributed by atoms with Gasteiger partial charge in [0.1, 0.15) is 0 Å². The maximum Gasteiger partial charge on any atom is -0.109 e. The Morgan fingerprint density at radius 3 is 2.15 bits per heavy atom. The van der Waals surface area contributed by atoms with Crippen molar-refractivity contribution in [1.82, 2.24) is 0 Å². The fourth-order valence-electron chi connectivity index (χ4n) is 3.51. The standard InChI is InChI=1S/C17H13.C9H10.C5H5.2ClH.Zr/c1-3-12-5-7-14-11-15-8-6-13(4-2)10-17(15)16(14)9-12;1-3-9-6-4-8(2)5-7-9;1-2-4-5-3-1;;;/h3-7,9-10H,1-2,11H2;4-7H,1-2H3;1-3H,4H2;2*1H;/q-1;;-1;;;+2/p-2. The molecule has 0 radical (unpaired) electrons. The molecule has 3 heteroatoms. The first-order valence-electron chi connectivity index (χ1n) is 10.8. The second kappa shape index (κ2) is 15.1. The van der Waals surface area contributed by atoms with Crippen LogP contribution in [0, 0.1) is 19.1 Å². The van der Waals surface area contributed by atoms with Crippen molar-refractivity contribution in [3.8, 4) is 11.1 Å². The van der Waals surface area contributed by atoms with Gasteiger partial charge in [0, 0.05) is 0 Å². The van der Waals surface area contributed by atoms with E-state index < -0.39 is 0 Å². The maximum atomic E-state index is 3.82. The summed E-state index contributed by atoms with van der Waals surface area (Å²) in [6.45, 7) is 11.9. The monoisotopic (exact) mass is 560 g/mol. The van der Waals surface area contributed by atoms with Crippen molar-refractivity contribution in [1.29, 1.82) is 0 Å². The number of aryl methyl sites for hydroxylation is 1. The molecule has 0 spiro atoms. The normalized spacial score (nSPS) is 11.3. The Balaban J connectivity index is 0.000000290. The first kappa shape index (κ1) is 30.0. The summed E-state index contributed by atoms with van der Waals surface area (Å²) in [5.74, 6) is 0. The zero-order valence-corrected chi connectivity index (χ0v) is 23.6. The van der Waals surface area contributed by atoms with Crippen LogP contribution >= 0.6 is 0 Å². The van der Waals surface area contributed by atoms with Crippen molar-refractivity contribution in [2.24, 2.45) is 0 Å². The molecule has 2 aliphatic carbocycles. The van der Waals surface area contributed by atoms with Gasteiger partial charge in [-0.05, 0) is 12.0 Å². The number of rotatable bonds is 3. The first-order valence-corrected chi connectivity index (χ1v) is 12.0. The van der Waals surface area contributed by atoms with E-state index in [1.165, 1.54) is 66.4 Å². The van der Waals surface area contributed by atoms with Crippen LogP contribution < -0.4 is 24.8 Å². The molecule has 0 unspecified atom stereocenters. The van der Waals surface area contributed by atoms with E-state index in [-0.39, 0.29) is 24.8 Å². The SMILES string of the molecule is C=Cc1c[c-]c2c(c1)-c1cc(C=C)ccc1C2.C[C](=[Zr+2])c1ccc(C)cc1.[C-]1=CC=CC1.[Cl-].[Cl-]. The molecule has 0 amide bonds. The van der Waals surface area contributed by atoms with Crippen LogP contribution in [0.1, 0.15) is 46.7 Å². The smallest absolute Gasteiger partial charge is 0.109 e. The van der Waals surface area contributed by atoms with Gasteiger partial charge in [0.15, 0.2) is 0 Å². The average molecular weight is 563 g/mol. The fraction of sp³-hybridized carbons (Fsp3) is 0.129. The molecule has 0 aromatic heterocycles. The van der Waals surface area contributed by atoms with Gasteiger partial charge in [-0.1, -0.05) is 42.0 Å². The molecule has 3 aromatic carbocycles. The van der Waals surface area contributed by atoms with Crippen molar-refractivity contribution in [2.45, 2.75) is 26.7 Å². The minimum absolute atomic E-state index is 0. The summed E-state index contributed by atoms with van der Waals surface area (Å²) in [5.41, 5.74) is 10.3. The Morgan fingerprint density at radius 1 is 0.941 bits per heavy atom.